The van der Waals surface area contributed by atoms with Gasteiger partial charge in [0.1, 0.15) is 6.54 Å². The number of benzene rings is 1. The molecule has 2 rings (SSSR count). The summed E-state index contributed by atoms with van der Waals surface area (Å²) in [6.07, 6.45) is 3.71. The van der Waals surface area contributed by atoms with Crippen molar-refractivity contribution >= 4 is 11.6 Å². The van der Waals surface area contributed by atoms with Gasteiger partial charge < -0.3 is 5.32 Å². The van der Waals surface area contributed by atoms with Crippen molar-refractivity contribution in [2.24, 2.45) is 0 Å². The van der Waals surface area contributed by atoms with Gasteiger partial charge in [0.2, 0.25) is 5.91 Å². The highest BCUT2D eigenvalue weighted by molar-refractivity contribution is 5.90. The predicted molar refractivity (Wildman–Crippen MR) is 72.9 cm³/mol. The molecule has 0 saturated carbocycles. The summed E-state index contributed by atoms with van der Waals surface area (Å²) in [6, 6.07) is 8.95. The second kappa shape index (κ2) is 5.95. The number of hydrogen-bond donors (Lipinski definition) is 1. The molecule has 0 fully saturated rings. The normalized spacial score (nSPS) is 10.2. The molecule has 0 aliphatic rings. The summed E-state index contributed by atoms with van der Waals surface area (Å²) >= 11 is 0. The summed E-state index contributed by atoms with van der Waals surface area (Å²) in [5.74, 6) is -0.251. The van der Waals surface area contributed by atoms with Gasteiger partial charge in [-0.15, -0.1) is 0 Å². The van der Waals surface area contributed by atoms with E-state index in [4.69, 9.17) is 0 Å². The molecule has 0 atom stereocenters. The molecule has 0 unspecified atom stereocenters. The monoisotopic (exact) mass is 257 g/mol. The highest BCUT2D eigenvalue weighted by Gasteiger charge is 2.04. The molecule has 1 aromatic heterocycles. The van der Waals surface area contributed by atoms with Crippen LogP contribution in [0, 0.1) is 0 Å². The molecule has 98 valence electrons. The van der Waals surface area contributed by atoms with Gasteiger partial charge in [-0.25, -0.2) is 4.98 Å². The molecule has 2 aromatic rings. The average Bonchev–Trinajstić information content (AvgIpc) is 2.42. The summed E-state index contributed by atoms with van der Waals surface area (Å²) in [4.78, 5) is 27.0. The van der Waals surface area contributed by atoms with Crippen molar-refractivity contribution < 1.29 is 4.79 Å². The molecular formula is C14H15N3O2. The molecule has 19 heavy (non-hydrogen) atoms. The minimum Gasteiger partial charge on any atom is -0.325 e. The predicted octanol–water partition coefficient (Wildman–Crippen LogP) is 1.44. The molecule has 1 heterocycles. The van der Waals surface area contributed by atoms with Crippen LogP contribution in [0.15, 0.2) is 47.7 Å². The van der Waals surface area contributed by atoms with E-state index in [1.807, 2.05) is 24.3 Å². The average molecular weight is 257 g/mol. The molecule has 0 bridgehead atoms. The third-order valence-corrected chi connectivity index (χ3v) is 2.75. The van der Waals surface area contributed by atoms with E-state index in [2.05, 4.69) is 17.2 Å². The Hall–Kier alpha value is -2.43. The van der Waals surface area contributed by atoms with E-state index >= 15 is 0 Å². The van der Waals surface area contributed by atoms with Gasteiger partial charge in [-0.1, -0.05) is 19.1 Å². The molecule has 0 spiro atoms. The van der Waals surface area contributed by atoms with Gasteiger partial charge in [0.25, 0.3) is 5.56 Å². The Morgan fingerprint density at radius 2 is 2.00 bits per heavy atom. The lowest BCUT2D eigenvalue weighted by Gasteiger charge is -2.07. The minimum absolute atomic E-state index is 0.0395. The zero-order valence-corrected chi connectivity index (χ0v) is 10.7. The van der Waals surface area contributed by atoms with Gasteiger partial charge in [0.05, 0.1) is 6.33 Å². The number of carbonyl (C=O) groups is 1. The topological polar surface area (TPSA) is 64.0 Å². The standard InChI is InChI=1S/C14H15N3O2/c1-2-11-3-5-12(6-4-11)16-13(18)9-17-10-15-8-7-14(17)19/h3-8,10H,2,9H2,1H3,(H,16,18). The Balaban J connectivity index is 2.01. The first-order valence-corrected chi connectivity index (χ1v) is 6.08. The van der Waals surface area contributed by atoms with Gasteiger partial charge >= 0.3 is 0 Å². The van der Waals surface area contributed by atoms with Crippen LogP contribution in [0.4, 0.5) is 5.69 Å². The number of anilines is 1. The van der Waals surface area contributed by atoms with E-state index in [1.165, 1.54) is 28.7 Å². The molecule has 0 aliphatic heterocycles. The van der Waals surface area contributed by atoms with E-state index < -0.39 is 0 Å². The van der Waals surface area contributed by atoms with Crippen molar-refractivity contribution in [3.8, 4) is 0 Å². The summed E-state index contributed by atoms with van der Waals surface area (Å²) in [5, 5.41) is 2.74. The maximum atomic E-state index is 11.8. The van der Waals surface area contributed by atoms with Gasteiger partial charge in [0, 0.05) is 18.0 Å². The lowest BCUT2D eigenvalue weighted by molar-refractivity contribution is -0.116. The number of aromatic nitrogens is 2. The molecule has 5 heteroatoms. The van der Waals surface area contributed by atoms with Crippen LogP contribution in [0.25, 0.3) is 0 Å². The van der Waals surface area contributed by atoms with E-state index in [9.17, 15) is 9.59 Å². The number of carbonyl (C=O) groups excluding carboxylic acids is 1. The van der Waals surface area contributed by atoms with Crippen molar-refractivity contribution in [1.82, 2.24) is 9.55 Å². The van der Waals surface area contributed by atoms with E-state index in [0.29, 0.717) is 0 Å². The Labute approximate surface area is 110 Å². The summed E-state index contributed by atoms with van der Waals surface area (Å²) < 4.78 is 1.26. The number of nitrogens with one attached hydrogen (secondary N) is 1. The third-order valence-electron chi connectivity index (χ3n) is 2.75. The number of nitrogens with zero attached hydrogens (tertiary/aromatic N) is 2. The molecular weight excluding hydrogens is 242 g/mol. The van der Waals surface area contributed by atoms with Crippen molar-refractivity contribution in [2.75, 3.05) is 5.32 Å². The van der Waals surface area contributed by atoms with Gasteiger partial charge in [-0.3, -0.25) is 14.2 Å². The Morgan fingerprint density at radius 3 is 2.63 bits per heavy atom. The highest BCUT2D eigenvalue weighted by atomic mass is 16.2. The van der Waals surface area contributed by atoms with Gasteiger partial charge in [-0.2, -0.15) is 0 Å². The number of amides is 1. The SMILES string of the molecule is CCc1ccc(NC(=O)Cn2cnccc2=O)cc1. The third kappa shape index (κ3) is 3.51. The van der Waals surface area contributed by atoms with Crippen molar-refractivity contribution in [3.63, 3.8) is 0 Å². The van der Waals surface area contributed by atoms with E-state index in [1.54, 1.807) is 0 Å². The fourth-order valence-electron chi connectivity index (χ4n) is 1.68. The van der Waals surface area contributed by atoms with E-state index in [-0.39, 0.29) is 18.0 Å². The first kappa shape index (κ1) is 13.0. The first-order chi connectivity index (χ1) is 9.19. The van der Waals surface area contributed by atoms with Crippen LogP contribution >= 0.6 is 0 Å². The molecule has 1 amide bonds. The van der Waals surface area contributed by atoms with Crippen LogP contribution in [0.1, 0.15) is 12.5 Å². The lowest BCUT2D eigenvalue weighted by atomic mass is 10.1. The van der Waals surface area contributed by atoms with Crippen LogP contribution in [0.5, 0.6) is 0 Å². The minimum atomic E-state index is -0.251. The number of aryl methyl sites for hydroxylation is 1. The summed E-state index contributed by atoms with van der Waals surface area (Å²) in [6.45, 7) is 2.03. The highest BCUT2D eigenvalue weighted by Crippen LogP contribution is 2.09. The molecule has 0 aliphatic carbocycles. The first-order valence-electron chi connectivity index (χ1n) is 6.08. The van der Waals surface area contributed by atoms with Gasteiger partial charge in [-0.05, 0) is 24.1 Å². The number of hydrogen-bond acceptors (Lipinski definition) is 3. The summed E-state index contributed by atoms with van der Waals surface area (Å²) in [7, 11) is 0. The smallest absolute Gasteiger partial charge is 0.253 e. The second-order valence-corrected chi connectivity index (χ2v) is 4.15. The maximum Gasteiger partial charge on any atom is 0.253 e. The van der Waals surface area contributed by atoms with Gasteiger partial charge in [0.15, 0.2) is 0 Å². The summed E-state index contributed by atoms with van der Waals surface area (Å²) in [5.41, 5.74) is 1.69. The number of rotatable bonds is 4. The largest absolute Gasteiger partial charge is 0.325 e. The van der Waals surface area contributed by atoms with Crippen LogP contribution in [0.2, 0.25) is 0 Å². The quantitative estimate of drug-likeness (QED) is 0.901. The van der Waals surface area contributed by atoms with Crippen LogP contribution in [-0.2, 0) is 17.8 Å². The van der Waals surface area contributed by atoms with Crippen LogP contribution in [-0.4, -0.2) is 15.5 Å². The van der Waals surface area contributed by atoms with Crippen molar-refractivity contribution in [2.45, 2.75) is 19.9 Å². The molecule has 1 N–H and O–H groups in total. The van der Waals surface area contributed by atoms with Crippen LogP contribution < -0.4 is 10.9 Å². The van der Waals surface area contributed by atoms with Crippen molar-refractivity contribution in [1.29, 1.82) is 0 Å². The zero-order chi connectivity index (χ0) is 13.7. The fourth-order valence-corrected chi connectivity index (χ4v) is 1.68. The lowest BCUT2D eigenvalue weighted by Crippen LogP contribution is -2.26. The molecule has 0 saturated heterocycles. The Kier molecular flexibility index (Phi) is 4.07. The Morgan fingerprint density at radius 1 is 1.26 bits per heavy atom. The van der Waals surface area contributed by atoms with Crippen molar-refractivity contribution in [3.05, 3.63) is 58.8 Å². The zero-order valence-electron chi connectivity index (χ0n) is 10.7. The fraction of sp³-hybridized carbons (Fsp3) is 0.214. The molecule has 5 nitrogen and oxygen atoms in total. The second-order valence-electron chi connectivity index (χ2n) is 4.15. The molecule has 0 radical (unpaired) electrons. The molecule has 1 aromatic carbocycles. The Bertz CT molecular complexity index is 617. The van der Waals surface area contributed by atoms with Crippen LogP contribution in [0.3, 0.4) is 0 Å². The van der Waals surface area contributed by atoms with E-state index in [0.717, 1.165) is 12.1 Å². The maximum absolute atomic E-state index is 11.8.